The lowest BCUT2D eigenvalue weighted by atomic mass is 9.84. The molecule has 4 heteroatoms. The number of methoxy groups -OCH3 is 2. The van der Waals surface area contributed by atoms with Gasteiger partial charge in [-0.25, -0.2) is 0 Å². The topological polar surface area (TPSA) is 47.6 Å². The Balaban J connectivity index is 1.59. The molecular formula is C20H27NO3. The predicted octanol–water partition coefficient (Wildman–Crippen LogP) is 3.66. The molecule has 1 aromatic carbocycles. The summed E-state index contributed by atoms with van der Waals surface area (Å²) in [5.74, 6) is 3.76. The first-order valence-electron chi connectivity index (χ1n) is 8.81. The van der Waals surface area contributed by atoms with E-state index < -0.39 is 0 Å². The van der Waals surface area contributed by atoms with Crippen molar-refractivity contribution in [3.05, 3.63) is 29.8 Å². The number of hydrogen-bond donors (Lipinski definition) is 1. The van der Waals surface area contributed by atoms with Crippen molar-refractivity contribution in [1.29, 1.82) is 0 Å². The molecule has 0 saturated heterocycles. The third-order valence-electron chi connectivity index (χ3n) is 5.66. The van der Waals surface area contributed by atoms with Crippen LogP contribution in [0.4, 0.5) is 0 Å². The van der Waals surface area contributed by atoms with Gasteiger partial charge in [-0.1, -0.05) is 6.42 Å². The average Bonchev–Trinajstić information content (AvgIpc) is 3.23. The Labute approximate surface area is 144 Å². The Kier molecular flexibility index (Phi) is 5.12. The zero-order valence-corrected chi connectivity index (χ0v) is 14.7. The molecule has 0 heterocycles. The van der Waals surface area contributed by atoms with E-state index in [0.717, 1.165) is 23.1 Å². The molecule has 2 fully saturated rings. The van der Waals surface area contributed by atoms with E-state index in [2.05, 4.69) is 12.2 Å². The first kappa shape index (κ1) is 16.9. The number of carbonyl (C=O) groups excluding carboxylic acids is 1. The molecule has 0 aromatic heterocycles. The normalized spacial score (nSPS) is 26.5. The molecule has 3 rings (SSSR count). The van der Waals surface area contributed by atoms with Crippen LogP contribution in [0, 0.1) is 17.8 Å². The van der Waals surface area contributed by atoms with Gasteiger partial charge in [0.25, 0.3) is 0 Å². The Hall–Kier alpha value is -1.97. The lowest BCUT2D eigenvalue weighted by Crippen LogP contribution is -2.39. The molecule has 2 aliphatic rings. The minimum absolute atomic E-state index is 0.0388. The third-order valence-corrected chi connectivity index (χ3v) is 5.66. The first-order chi connectivity index (χ1) is 11.6. The highest BCUT2D eigenvalue weighted by atomic mass is 16.5. The van der Waals surface area contributed by atoms with Gasteiger partial charge in [0.15, 0.2) is 0 Å². The zero-order chi connectivity index (χ0) is 17.1. The van der Waals surface area contributed by atoms with Gasteiger partial charge in [0.05, 0.1) is 14.2 Å². The van der Waals surface area contributed by atoms with Crippen LogP contribution in [0.3, 0.4) is 0 Å². The second-order valence-electron chi connectivity index (χ2n) is 7.08. The third kappa shape index (κ3) is 3.58. The summed E-state index contributed by atoms with van der Waals surface area (Å²) in [7, 11) is 3.23. The fourth-order valence-corrected chi connectivity index (χ4v) is 4.41. The molecule has 1 N–H and O–H groups in total. The minimum atomic E-state index is -0.0388. The monoisotopic (exact) mass is 329 g/mol. The van der Waals surface area contributed by atoms with Gasteiger partial charge in [0, 0.05) is 23.7 Å². The quantitative estimate of drug-likeness (QED) is 0.810. The maximum absolute atomic E-state index is 12.2. The molecule has 0 spiro atoms. The minimum Gasteiger partial charge on any atom is -0.497 e. The van der Waals surface area contributed by atoms with Gasteiger partial charge >= 0.3 is 0 Å². The molecule has 2 saturated carbocycles. The fraction of sp³-hybridized carbons (Fsp3) is 0.550. The maximum atomic E-state index is 12.2. The van der Waals surface area contributed by atoms with Gasteiger partial charge in [-0.3, -0.25) is 4.79 Å². The Morgan fingerprint density at radius 3 is 2.71 bits per heavy atom. The van der Waals surface area contributed by atoms with E-state index in [4.69, 9.17) is 9.47 Å². The van der Waals surface area contributed by atoms with Gasteiger partial charge in [0.1, 0.15) is 11.5 Å². The van der Waals surface area contributed by atoms with Crippen molar-refractivity contribution in [2.45, 2.75) is 38.6 Å². The van der Waals surface area contributed by atoms with Crippen LogP contribution >= 0.6 is 0 Å². The number of hydrogen-bond acceptors (Lipinski definition) is 3. The van der Waals surface area contributed by atoms with Crippen LogP contribution in [0.15, 0.2) is 24.3 Å². The fourth-order valence-electron chi connectivity index (χ4n) is 4.41. The summed E-state index contributed by atoms with van der Waals surface area (Å²) < 4.78 is 10.5. The molecule has 130 valence electrons. The highest BCUT2D eigenvalue weighted by Gasteiger charge is 2.41. The summed E-state index contributed by atoms with van der Waals surface area (Å²) in [5, 5.41) is 3.15. The lowest BCUT2D eigenvalue weighted by Gasteiger charge is -2.28. The molecule has 1 amide bonds. The Morgan fingerprint density at radius 1 is 1.25 bits per heavy atom. The summed E-state index contributed by atoms with van der Waals surface area (Å²) in [6.45, 7) is 2.14. The van der Waals surface area contributed by atoms with Gasteiger partial charge in [0.2, 0.25) is 5.91 Å². The maximum Gasteiger partial charge on any atom is 0.244 e. The van der Waals surface area contributed by atoms with Gasteiger partial charge in [-0.05, 0) is 62.1 Å². The molecule has 1 aromatic rings. The lowest BCUT2D eigenvalue weighted by molar-refractivity contribution is -0.117. The van der Waals surface area contributed by atoms with Crippen molar-refractivity contribution < 1.29 is 14.3 Å². The largest absolute Gasteiger partial charge is 0.497 e. The predicted molar refractivity (Wildman–Crippen MR) is 95.1 cm³/mol. The summed E-state index contributed by atoms with van der Waals surface area (Å²) in [5.41, 5.74) is 0.862. The smallest absolute Gasteiger partial charge is 0.244 e. The van der Waals surface area contributed by atoms with Crippen LogP contribution in [0.5, 0.6) is 11.5 Å². The molecule has 24 heavy (non-hydrogen) atoms. The van der Waals surface area contributed by atoms with Crippen LogP contribution in [0.2, 0.25) is 0 Å². The van der Waals surface area contributed by atoms with Crippen molar-refractivity contribution in [2.75, 3.05) is 14.2 Å². The molecule has 2 aliphatic carbocycles. The van der Waals surface area contributed by atoms with E-state index in [1.54, 1.807) is 26.4 Å². The Morgan fingerprint density at radius 2 is 2.08 bits per heavy atom. The van der Waals surface area contributed by atoms with Crippen LogP contribution in [-0.4, -0.2) is 26.2 Å². The van der Waals surface area contributed by atoms with Gasteiger partial charge < -0.3 is 14.8 Å². The van der Waals surface area contributed by atoms with Crippen molar-refractivity contribution in [3.8, 4) is 11.5 Å². The van der Waals surface area contributed by atoms with Crippen LogP contribution in [0.1, 0.15) is 38.2 Å². The van der Waals surface area contributed by atoms with E-state index in [0.29, 0.717) is 11.7 Å². The van der Waals surface area contributed by atoms with Crippen LogP contribution in [-0.2, 0) is 4.79 Å². The molecule has 2 bridgehead atoms. The summed E-state index contributed by atoms with van der Waals surface area (Å²) in [6, 6.07) is 5.81. The molecule has 4 nitrogen and oxygen atoms in total. The number of rotatable bonds is 6. The standard InChI is InChI=1S/C20H27NO3/c1-13(18-11-14-4-5-16(18)10-14)21-20(22)9-7-15-6-8-17(23-2)12-19(15)24-3/h6-9,12-14,16,18H,4-5,10-11H2,1-3H3,(H,21,22)/b9-7+. The summed E-state index contributed by atoms with van der Waals surface area (Å²) in [4.78, 5) is 12.2. The second kappa shape index (κ2) is 7.29. The Bertz CT molecular complexity index is 625. The van der Waals surface area contributed by atoms with Gasteiger partial charge in [-0.15, -0.1) is 0 Å². The zero-order valence-electron chi connectivity index (χ0n) is 14.7. The molecule has 4 unspecified atom stereocenters. The van der Waals surface area contributed by atoms with E-state index in [-0.39, 0.29) is 11.9 Å². The van der Waals surface area contributed by atoms with Gasteiger partial charge in [-0.2, -0.15) is 0 Å². The number of nitrogens with one attached hydrogen (secondary N) is 1. The van der Waals surface area contributed by atoms with E-state index in [1.807, 2.05) is 18.2 Å². The van der Waals surface area contributed by atoms with E-state index in [1.165, 1.54) is 25.7 Å². The summed E-state index contributed by atoms with van der Waals surface area (Å²) >= 11 is 0. The van der Waals surface area contributed by atoms with Crippen LogP contribution < -0.4 is 14.8 Å². The summed E-state index contributed by atoms with van der Waals surface area (Å²) in [6.07, 6.45) is 8.76. The van der Waals surface area contributed by atoms with Crippen molar-refractivity contribution in [1.82, 2.24) is 5.32 Å². The molecule has 0 aliphatic heterocycles. The van der Waals surface area contributed by atoms with Crippen molar-refractivity contribution >= 4 is 12.0 Å². The first-order valence-corrected chi connectivity index (χ1v) is 8.81. The second-order valence-corrected chi connectivity index (χ2v) is 7.08. The van der Waals surface area contributed by atoms with Crippen LogP contribution in [0.25, 0.3) is 6.08 Å². The van der Waals surface area contributed by atoms with Crippen molar-refractivity contribution in [2.24, 2.45) is 17.8 Å². The highest BCUT2D eigenvalue weighted by Crippen LogP contribution is 2.49. The number of ether oxygens (including phenoxy) is 2. The number of fused-ring (bicyclic) bond motifs is 2. The number of amides is 1. The molecule has 0 radical (unpaired) electrons. The molecular weight excluding hydrogens is 302 g/mol. The van der Waals surface area contributed by atoms with E-state index >= 15 is 0 Å². The number of benzene rings is 1. The SMILES string of the molecule is COc1ccc(/C=C/C(=O)NC(C)C2CC3CCC2C3)c(OC)c1. The number of carbonyl (C=O) groups is 1. The highest BCUT2D eigenvalue weighted by molar-refractivity contribution is 5.92. The average molecular weight is 329 g/mol. The van der Waals surface area contributed by atoms with E-state index in [9.17, 15) is 4.79 Å². The van der Waals surface area contributed by atoms with Crippen molar-refractivity contribution in [3.63, 3.8) is 0 Å². The molecule has 4 atom stereocenters.